The van der Waals surface area contributed by atoms with Crippen molar-refractivity contribution in [2.45, 2.75) is 5.92 Å². The Balaban J connectivity index is 2.77. The van der Waals surface area contributed by atoms with Crippen molar-refractivity contribution in [1.29, 1.82) is 0 Å². The Hall–Kier alpha value is -1.71. The van der Waals surface area contributed by atoms with E-state index in [1.165, 1.54) is 0 Å². The van der Waals surface area contributed by atoms with Gasteiger partial charge in [-0.15, -0.1) is 0 Å². The monoisotopic (exact) mass is 207 g/mol. The number of azide groups is 1. The molecule has 1 aromatic carbocycles. The maximum atomic E-state index is 9.12. The van der Waals surface area contributed by atoms with Crippen LogP contribution in [0.2, 0.25) is 0 Å². The SMILES string of the molecule is COc1ccc([C@@H](CO)CN=[N+]=[N-])cc1. The summed E-state index contributed by atoms with van der Waals surface area (Å²) in [5, 5.41) is 12.6. The molecule has 5 heteroatoms. The van der Waals surface area contributed by atoms with E-state index in [-0.39, 0.29) is 19.1 Å². The fraction of sp³-hybridized carbons (Fsp3) is 0.400. The zero-order valence-corrected chi connectivity index (χ0v) is 8.50. The summed E-state index contributed by atoms with van der Waals surface area (Å²) in [6, 6.07) is 7.33. The van der Waals surface area contributed by atoms with Gasteiger partial charge in [0, 0.05) is 17.4 Å². The molecule has 80 valence electrons. The molecule has 0 saturated carbocycles. The van der Waals surface area contributed by atoms with Gasteiger partial charge < -0.3 is 9.84 Å². The molecule has 0 saturated heterocycles. The molecule has 5 nitrogen and oxygen atoms in total. The van der Waals surface area contributed by atoms with Crippen LogP contribution in [-0.4, -0.2) is 25.4 Å². The molecule has 0 fully saturated rings. The number of nitrogens with zero attached hydrogens (tertiary/aromatic N) is 3. The van der Waals surface area contributed by atoms with Crippen LogP contribution in [0, 0.1) is 0 Å². The smallest absolute Gasteiger partial charge is 0.118 e. The zero-order chi connectivity index (χ0) is 11.1. The quantitative estimate of drug-likeness (QED) is 0.455. The Morgan fingerprint density at radius 2 is 2.13 bits per heavy atom. The molecule has 0 bridgehead atoms. The van der Waals surface area contributed by atoms with Crippen LogP contribution in [0.25, 0.3) is 10.4 Å². The number of benzene rings is 1. The van der Waals surface area contributed by atoms with Crippen LogP contribution in [0.1, 0.15) is 11.5 Å². The number of methoxy groups -OCH3 is 1. The predicted octanol–water partition coefficient (Wildman–Crippen LogP) is 2.08. The summed E-state index contributed by atoms with van der Waals surface area (Å²) in [5.74, 6) is 0.617. The van der Waals surface area contributed by atoms with Crippen molar-refractivity contribution in [3.8, 4) is 5.75 Å². The highest BCUT2D eigenvalue weighted by atomic mass is 16.5. The van der Waals surface area contributed by atoms with Gasteiger partial charge in [0.1, 0.15) is 5.75 Å². The van der Waals surface area contributed by atoms with Crippen molar-refractivity contribution in [1.82, 2.24) is 0 Å². The first kappa shape index (κ1) is 11.4. The molecule has 0 unspecified atom stereocenters. The second kappa shape index (κ2) is 5.90. The van der Waals surface area contributed by atoms with Gasteiger partial charge in [-0.25, -0.2) is 0 Å². The molecule has 0 spiro atoms. The van der Waals surface area contributed by atoms with Crippen molar-refractivity contribution in [3.05, 3.63) is 40.3 Å². The van der Waals surface area contributed by atoms with Gasteiger partial charge in [-0.1, -0.05) is 17.2 Å². The highest BCUT2D eigenvalue weighted by molar-refractivity contribution is 5.29. The highest BCUT2D eigenvalue weighted by Crippen LogP contribution is 2.19. The fourth-order valence-corrected chi connectivity index (χ4v) is 1.28. The van der Waals surface area contributed by atoms with Gasteiger partial charge in [0.25, 0.3) is 0 Å². The second-order valence-corrected chi connectivity index (χ2v) is 3.07. The molecular formula is C10H13N3O2. The van der Waals surface area contributed by atoms with Crippen LogP contribution in [0.5, 0.6) is 5.75 Å². The first-order valence-corrected chi connectivity index (χ1v) is 4.57. The number of hydrogen-bond donors (Lipinski definition) is 1. The third-order valence-corrected chi connectivity index (χ3v) is 2.17. The average Bonchev–Trinajstić information content (AvgIpc) is 2.31. The van der Waals surface area contributed by atoms with Crippen molar-refractivity contribution >= 4 is 0 Å². The van der Waals surface area contributed by atoms with Crippen LogP contribution in [-0.2, 0) is 0 Å². The molecule has 0 radical (unpaired) electrons. The van der Waals surface area contributed by atoms with E-state index in [4.69, 9.17) is 15.4 Å². The number of aliphatic hydroxyl groups is 1. The van der Waals surface area contributed by atoms with Crippen LogP contribution in [0.3, 0.4) is 0 Å². The third-order valence-electron chi connectivity index (χ3n) is 2.17. The molecule has 0 heterocycles. The predicted molar refractivity (Wildman–Crippen MR) is 56.8 cm³/mol. The van der Waals surface area contributed by atoms with E-state index in [1.807, 2.05) is 24.3 Å². The Kier molecular flexibility index (Phi) is 4.47. The maximum Gasteiger partial charge on any atom is 0.118 e. The number of hydrogen-bond acceptors (Lipinski definition) is 3. The summed E-state index contributed by atoms with van der Waals surface area (Å²) in [4.78, 5) is 2.67. The van der Waals surface area contributed by atoms with Gasteiger partial charge in [-0.2, -0.15) is 0 Å². The van der Waals surface area contributed by atoms with E-state index < -0.39 is 0 Å². The van der Waals surface area contributed by atoms with E-state index in [0.717, 1.165) is 11.3 Å². The Morgan fingerprint density at radius 1 is 1.47 bits per heavy atom. The minimum absolute atomic E-state index is 0.0364. The summed E-state index contributed by atoms with van der Waals surface area (Å²) in [5.41, 5.74) is 9.13. The molecule has 1 rings (SSSR count). The fourth-order valence-electron chi connectivity index (χ4n) is 1.28. The van der Waals surface area contributed by atoms with Gasteiger partial charge in [-0.3, -0.25) is 0 Å². The normalized spacial score (nSPS) is 11.6. The summed E-state index contributed by atoms with van der Waals surface area (Å²) in [6.45, 7) is 0.227. The minimum atomic E-state index is -0.146. The summed E-state index contributed by atoms with van der Waals surface area (Å²) in [7, 11) is 1.60. The van der Waals surface area contributed by atoms with E-state index in [9.17, 15) is 0 Å². The molecule has 0 amide bonds. The standard InChI is InChI=1S/C10H13N3O2/c1-15-10-4-2-8(3-5-10)9(7-14)6-12-13-11/h2-5,9,14H,6-7H2,1H3/t9-/m1/s1. The molecule has 1 aromatic rings. The van der Waals surface area contributed by atoms with E-state index in [1.54, 1.807) is 7.11 Å². The lowest BCUT2D eigenvalue weighted by molar-refractivity contribution is 0.267. The first-order chi connectivity index (χ1) is 7.31. The minimum Gasteiger partial charge on any atom is -0.497 e. The van der Waals surface area contributed by atoms with Gasteiger partial charge >= 0.3 is 0 Å². The largest absolute Gasteiger partial charge is 0.497 e. The first-order valence-electron chi connectivity index (χ1n) is 4.57. The summed E-state index contributed by atoms with van der Waals surface area (Å²) < 4.78 is 5.02. The molecule has 0 aliphatic carbocycles. The molecular weight excluding hydrogens is 194 g/mol. The number of rotatable bonds is 5. The lowest BCUT2D eigenvalue weighted by Gasteiger charge is -2.11. The second-order valence-electron chi connectivity index (χ2n) is 3.07. The zero-order valence-electron chi connectivity index (χ0n) is 8.50. The van der Waals surface area contributed by atoms with Crippen LogP contribution >= 0.6 is 0 Å². The molecule has 0 aliphatic heterocycles. The molecule has 0 aromatic heterocycles. The van der Waals surface area contributed by atoms with E-state index in [0.29, 0.717) is 0 Å². The molecule has 0 aliphatic rings. The molecule has 1 N–H and O–H groups in total. The third kappa shape index (κ3) is 3.16. The van der Waals surface area contributed by atoms with Crippen molar-refractivity contribution < 1.29 is 9.84 Å². The van der Waals surface area contributed by atoms with Crippen LogP contribution in [0.15, 0.2) is 29.4 Å². The van der Waals surface area contributed by atoms with Gasteiger partial charge in [0.2, 0.25) is 0 Å². The Labute approximate surface area is 87.9 Å². The lowest BCUT2D eigenvalue weighted by atomic mass is 10.0. The number of aliphatic hydroxyl groups excluding tert-OH is 1. The summed E-state index contributed by atoms with van der Waals surface area (Å²) >= 11 is 0. The van der Waals surface area contributed by atoms with Crippen molar-refractivity contribution in [3.63, 3.8) is 0 Å². The number of ether oxygens (including phenoxy) is 1. The Morgan fingerprint density at radius 3 is 2.60 bits per heavy atom. The topological polar surface area (TPSA) is 78.2 Å². The van der Waals surface area contributed by atoms with Crippen molar-refractivity contribution in [2.24, 2.45) is 5.11 Å². The van der Waals surface area contributed by atoms with E-state index >= 15 is 0 Å². The lowest BCUT2D eigenvalue weighted by Crippen LogP contribution is -2.07. The van der Waals surface area contributed by atoms with Gasteiger partial charge in [0.05, 0.1) is 13.7 Å². The van der Waals surface area contributed by atoms with E-state index in [2.05, 4.69) is 10.0 Å². The summed E-state index contributed by atoms with van der Waals surface area (Å²) in [6.07, 6.45) is 0. The van der Waals surface area contributed by atoms with Gasteiger partial charge in [0.15, 0.2) is 0 Å². The maximum absolute atomic E-state index is 9.12. The van der Waals surface area contributed by atoms with Crippen LogP contribution < -0.4 is 4.74 Å². The van der Waals surface area contributed by atoms with Gasteiger partial charge in [-0.05, 0) is 23.2 Å². The Bertz CT molecular complexity index is 344. The molecule has 1 atom stereocenters. The van der Waals surface area contributed by atoms with Crippen molar-refractivity contribution in [2.75, 3.05) is 20.3 Å². The average molecular weight is 207 g/mol. The van der Waals surface area contributed by atoms with Crippen LogP contribution in [0.4, 0.5) is 0 Å². The molecule has 15 heavy (non-hydrogen) atoms. The highest BCUT2D eigenvalue weighted by Gasteiger charge is 2.08.